The van der Waals surface area contributed by atoms with E-state index in [9.17, 15) is 9.59 Å². The van der Waals surface area contributed by atoms with E-state index in [1.54, 1.807) is 4.90 Å². The van der Waals surface area contributed by atoms with Crippen LogP contribution >= 0.6 is 11.6 Å². The van der Waals surface area contributed by atoms with Crippen molar-refractivity contribution in [3.8, 4) is 0 Å². The van der Waals surface area contributed by atoms with Crippen molar-refractivity contribution in [3.05, 3.63) is 70.2 Å². The average Bonchev–Trinajstić information content (AvgIpc) is 2.73. The maximum Gasteiger partial charge on any atom is 0.243 e. The molecule has 2 atom stereocenters. The Morgan fingerprint density at radius 1 is 1.10 bits per heavy atom. The van der Waals surface area contributed by atoms with E-state index < -0.39 is 6.04 Å². The summed E-state index contributed by atoms with van der Waals surface area (Å²) >= 11 is 6.40. The highest BCUT2D eigenvalue weighted by atomic mass is 35.5. The molecule has 2 unspecified atom stereocenters. The van der Waals surface area contributed by atoms with Crippen molar-refractivity contribution >= 4 is 23.4 Å². The smallest absolute Gasteiger partial charge is 0.243 e. The van der Waals surface area contributed by atoms with Crippen molar-refractivity contribution in [1.82, 2.24) is 15.1 Å². The van der Waals surface area contributed by atoms with Crippen molar-refractivity contribution in [2.75, 3.05) is 20.6 Å². The van der Waals surface area contributed by atoms with E-state index in [1.807, 2.05) is 81.4 Å². The molecule has 1 aliphatic heterocycles. The van der Waals surface area contributed by atoms with Gasteiger partial charge in [-0.05, 0) is 42.8 Å². The predicted molar refractivity (Wildman–Crippen MR) is 125 cm³/mol. The van der Waals surface area contributed by atoms with E-state index in [2.05, 4.69) is 5.32 Å². The molecule has 2 amide bonds. The Hall–Kier alpha value is -2.37. The Bertz CT molecular complexity index is 928. The van der Waals surface area contributed by atoms with E-state index in [-0.39, 0.29) is 23.8 Å². The SMILES string of the molecule is CC(C)CC(=O)N1Cc2ccccc2CC1C(=O)NCC(c1ccccc1Cl)N(C)C. The number of fused-ring (bicyclic) bond motifs is 1. The van der Waals surface area contributed by atoms with E-state index in [0.29, 0.717) is 31.0 Å². The number of carbonyl (C=O) groups excluding carboxylic acids is 2. The summed E-state index contributed by atoms with van der Waals surface area (Å²) in [7, 11) is 3.94. The summed E-state index contributed by atoms with van der Waals surface area (Å²) in [4.78, 5) is 30.1. The standard InChI is InChI=1S/C25H32ClN3O2/c1-17(2)13-24(30)29-16-19-10-6-5-9-18(19)14-22(29)25(31)27-15-23(28(3)4)20-11-7-8-12-21(20)26/h5-12,17,22-23H,13-16H2,1-4H3,(H,27,31). The van der Waals surface area contributed by atoms with Crippen molar-refractivity contribution in [3.63, 3.8) is 0 Å². The van der Waals surface area contributed by atoms with Gasteiger partial charge in [-0.25, -0.2) is 0 Å². The molecule has 0 saturated heterocycles. The average molecular weight is 442 g/mol. The number of nitrogens with one attached hydrogen (secondary N) is 1. The number of hydrogen-bond acceptors (Lipinski definition) is 3. The molecule has 0 spiro atoms. The quantitative estimate of drug-likeness (QED) is 0.705. The fourth-order valence-corrected chi connectivity index (χ4v) is 4.38. The van der Waals surface area contributed by atoms with E-state index in [1.165, 1.54) is 0 Å². The van der Waals surface area contributed by atoms with Crippen LogP contribution in [0.5, 0.6) is 0 Å². The normalized spacial score (nSPS) is 16.9. The first kappa shape index (κ1) is 23.3. The van der Waals surface area contributed by atoms with Crippen molar-refractivity contribution in [2.24, 2.45) is 5.92 Å². The predicted octanol–water partition coefficient (Wildman–Crippen LogP) is 4.06. The fraction of sp³-hybridized carbons (Fsp3) is 0.440. The highest BCUT2D eigenvalue weighted by Gasteiger charge is 2.35. The Labute approximate surface area is 190 Å². The molecular formula is C25H32ClN3O2. The first-order chi connectivity index (χ1) is 14.8. The third kappa shape index (κ3) is 5.66. The van der Waals surface area contributed by atoms with Gasteiger partial charge in [-0.3, -0.25) is 9.59 Å². The summed E-state index contributed by atoms with van der Waals surface area (Å²) in [6, 6.07) is 15.2. The number of rotatable bonds is 7. The van der Waals surface area contributed by atoms with Gasteiger partial charge in [0.2, 0.25) is 11.8 Å². The summed E-state index contributed by atoms with van der Waals surface area (Å²) < 4.78 is 0. The lowest BCUT2D eigenvalue weighted by atomic mass is 9.92. The second-order valence-electron chi connectivity index (χ2n) is 8.85. The second-order valence-corrected chi connectivity index (χ2v) is 9.26. The van der Waals surface area contributed by atoms with Crippen LogP contribution in [0.2, 0.25) is 5.02 Å². The number of benzene rings is 2. The van der Waals surface area contributed by atoms with Crippen LogP contribution in [0.4, 0.5) is 0 Å². The van der Waals surface area contributed by atoms with Crippen LogP contribution in [0.15, 0.2) is 48.5 Å². The lowest BCUT2D eigenvalue weighted by Crippen LogP contribution is -2.53. The summed E-state index contributed by atoms with van der Waals surface area (Å²) in [6.45, 7) is 4.94. The summed E-state index contributed by atoms with van der Waals surface area (Å²) in [5.74, 6) is 0.150. The maximum atomic E-state index is 13.3. The molecule has 0 aromatic heterocycles. The van der Waals surface area contributed by atoms with Gasteiger partial charge >= 0.3 is 0 Å². The molecule has 31 heavy (non-hydrogen) atoms. The molecule has 2 aromatic carbocycles. The van der Waals surface area contributed by atoms with Crippen molar-refractivity contribution in [2.45, 2.75) is 45.3 Å². The zero-order chi connectivity index (χ0) is 22.5. The fourth-order valence-electron chi connectivity index (χ4n) is 4.12. The number of carbonyl (C=O) groups is 2. The van der Waals surface area contributed by atoms with Gasteiger partial charge in [0.25, 0.3) is 0 Å². The molecule has 0 aliphatic carbocycles. The van der Waals surface area contributed by atoms with Crippen LogP contribution in [0.3, 0.4) is 0 Å². The third-order valence-electron chi connectivity index (χ3n) is 5.81. The van der Waals surface area contributed by atoms with Crippen LogP contribution in [0.25, 0.3) is 0 Å². The van der Waals surface area contributed by atoms with Gasteiger partial charge < -0.3 is 15.1 Å². The highest BCUT2D eigenvalue weighted by Crippen LogP contribution is 2.27. The molecule has 2 aromatic rings. The van der Waals surface area contributed by atoms with Crippen LogP contribution in [0.1, 0.15) is 43.0 Å². The Kier molecular flexibility index (Phi) is 7.74. The minimum absolute atomic E-state index is 0.0277. The summed E-state index contributed by atoms with van der Waals surface area (Å²) in [5.41, 5.74) is 3.22. The molecular weight excluding hydrogens is 410 g/mol. The largest absolute Gasteiger partial charge is 0.352 e. The molecule has 3 rings (SSSR count). The Balaban J connectivity index is 1.78. The number of amides is 2. The third-order valence-corrected chi connectivity index (χ3v) is 6.16. The second kappa shape index (κ2) is 10.3. The van der Waals surface area contributed by atoms with Crippen LogP contribution < -0.4 is 5.32 Å². The summed E-state index contributed by atoms with van der Waals surface area (Å²) in [5, 5.41) is 3.77. The van der Waals surface area contributed by atoms with Gasteiger partial charge in [-0.15, -0.1) is 0 Å². The summed E-state index contributed by atoms with van der Waals surface area (Å²) in [6.07, 6.45) is 0.969. The number of nitrogens with zero attached hydrogens (tertiary/aromatic N) is 2. The maximum absolute atomic E-state index is 13.3. The molecule has 166 valence electrons. The number of hydrogen-bond donors (Lipinski definition) is 1. The Morgan fingerprint density at radius 3 is 2.39 bits per heavy atom. The zero-order valence-electron chi connectivity index (χ0n) is 18.8. The van der Waals surface area contributed by atoms with Crippen LogP contribution in [0, 0.1) is 5.92 Å². The van der Waals surface area contributed by atoms with Gasteiger partial charge in [-0.1, -0.05) is 67.9 Å². The molecule has 0 radical (unpaired) electrons. The monoisotopic (exact) mass is 441 g/mol. The lowest BCUT2D eigenvalue weighted by molar-refractivity contribution is -0.142. The van der Waals surface area contributed by atoms with Crippen LogP contribution in [-0.2, 0) is 22.6 Å². The number of halogens is 1. The lowest BCUT2D eigenvalue weighted by Gasteiger charge is -2.37. The van der Waals surface area contributed by atoms with Crippen molar-refractivity contribution < 1.29 is 9.59 Å². The Morgan fingerprint density at radius 2 is 1.74 bits per heavy atom. The minimum atomic E-state index is -0.504. The first-order valence-electron chi connectivity index (χ1n) is 10.8. The number of likely N-dealkylation sites (N-methyl/N-ethyl adjacent to an activating group) is 1. The van der Waals surface area contributed by atoms with Crippen LogP contribution in [-0.4, -0.2) is 48.3 Å². The van der Waals surface area contributed by atoms with E-state index >= 15 is 0 Å². The molecule has 1 aliphatic rings. The topological polar surface area (TPSA) is 52.7 Å². The van der Waals surface area contributed by atoms with Gasteiger partial charge in [0.1, 0.15) is 6.04 Å². The van der Waals surface area contributed by atoms with Gasteiger partial charge in [0, 0.05) is 31.0 Å². The van der Waals surface area contributed by atoms with Gasteiger partial charge in [0.15, 0.2) is 0 Å². The van der Waals surface area contributed by atoms with Gasteiger partial charge in [-0.2, -0.15) is 0 Å². The zero-order valence-corrected chi connectivity index (χ0v) is 19.5. The molecule has 1 N–H and O–H groups in total. The van der Waals surface area contributed by atoms with Crippen molar-refractivity contribution in [1.29, 1.82) is 0 Å². The minimum Gasteiger partial charge on any atom is -0.352 e. The molecule has 0 saturated carbocycles. The molecule has 1 heterocycles. The highest BCUT2D eigenvalue weighted by molar-refractivity contribution is 6.31. The first-order valence-corrected chi connectivity index (χ1v) is 11.2. The molecule has 0 bridgehead atoms. The van der Waals surface area contributed by atoms with E-state index in [4.69, 9.17) is 11.6 Å². The molecule has 6 heteroatoms. The van der Waals surface area contributed by atoms with Gasteiger partial charge in [0.05, 0.1) is 6.04 Å². The molecule has 5 nitrogen and oxygen atoms in total. The molecule has 0 fully saturated rings. The van der Waals surface area contributed by atoms with E-state index in [0.717, 1.165) is 16.7 Å².